The Bertz CT molecular complexity index is 439. The highest BCUT2D eigenvalue weighted by Crippen LogP contribution is 2.34. The zero-order valence-electron chi connectivity index (χ0n) is 13.7. The Labute approximate surface area is 128 Å². The summed E-state index contributed by atoms with van der Waals surface area (Å²) < 4.78 is 14.0. The molecule has 1 saturated heterocycles. The summed E-state index contributed by atoms with van der Waals surface area (Å²) in [5, 5.41) is 3.44. The molecule has 0 aliphatic carbocycles. The smallest absolute Gasteiger partial charge is 0.128 e. The molecule has 0 saturated carbocycles. The Morgan fingerprint density at radius 2 is 1.90 bits per heavy atom. The van der Waals surface area contributed by atoms with Gasteiger partial charge in [-0.05, 0) is 44.0 Å². The van der Waals surface area contributed by atoms with E-state index in [9.17, 15) is 4.39 Å². The van der Waals surface area contributed by atoms with Crippen LogP contribution in [0.5, 0.6) is 0 Å². The van der Waals surface area contributed by atoms with E-state index in [2.05, 4.69) is 31.0 Å². The van der Waals surface area contributed by atoms with Crippen LogP contribution in [-0.2, 0) is 0 Å². The van der Waals surface area contributed by atoms with E-state index in [0.717, 1.165) is 31.7 Å². The van der Waals surface area contributed by atoms with Gasteiger partial charge >= 0.3 is 0 Å². The highest BCUT2D eigenvalue weighted by molar-refractivity contribution is 5.21. The van der Waals surface area contributed by atoms with Gasteiger partial charge in [-0.25, -0.2) is 4.39 Å². The van der Waals surface area contributed by atoms with Gasteiger partial charge in [-0.3, -0.25) is 0 Å². The zero-order chi connectivity index (χ0) is 15.3. The van der Waals surface area contributed by atoms with Gasteiger partial charge in [-0.2, -0.15) is 0 Å². The minimum absolute atomic E-state index is 0.0854. The molecule has 0 bridgehead atoms. The van der Waals surface area contributed by atoms with Gasteiger partial charge in [0.05, 0.1) is 0 Å². The van der Waals surface area contributed by atoms with E-state index in [1.807, 2.05) is 12.1 Å². The largest absolute Gasteiger partial charge is 0.309 e. The van der Waals surface area contributed by atoms with Crippen molar-refractivity contribution in [2.75, 3.05) is 26.2 Å². The van der Waals surface area contributed by atoms with E-state index in [-0.39, 0.29) is 11.9 Å². The topological polar surface area (TPSA) is 15.3 Å². The number of nitrogens with zero attached hydrogens (tertiary/aromatic N) is 1. The predicted octanol–water partition coefficient (Wildman–Crippen LogP) is 3.99. The van der Waals surface area contributed by atoms with E-state index in [0.29, 0.717) is 5.41 Å². The molecule has 2 rings (SSSR count). The second-order valence-electron chi connectivity index (χ2n) is 6.60. The standard InChI is InChI=1S/C18H29FN2/c1-4-18(3)10-12-21(13-11-18)14-17(20-5-2)15-8-6-7-9-16(15)19/h6-9,17,20H,4-5,10-14H2,1-3H3. The first kappa shape index (κ1) is 16.4. The third kappa shape index (κ3) is 4.27. The molecule has 1 aromatic rings. The molecule has 1 aliphatic heterocycles. The van der Waals surface area contributed by atoms with Crippen molar-refractivity contribution in [2.45, 2.75) is 46.1 Å². The number of rotatable bonds is 6. The molecule has 21 heavy (non-hydrogen) atoms. The molecule has 0 amide bonds. The molecule has 2 nitrogen and oxygen atoms in total. The summed E-state index contributed by atoms with van der Waals surface area (Å²) in [6.45, 7) is 10.8. The summed E-state index contributed by atoms with van der Waals surface area (Å²) in [6, 6.07) is 7.23. The molecule has 1 N–H and O–H groups in total. The number of hydrogen-bond acceptors (Lipinski definition) is 2. The van der Waals surface area contributed by atoms with Gasteiger partial charge in [0, 0.05) is 18.2 Å². The molecule has 1 atom stereocenters. The van der Waals surface area contributed by atoms with Crippen LogP contribution in [0, 0.1) is 11.2 Å². The Balaban J connectivity index is 2.00. The highest BCUT2D eigenvalue weighted by atomic mass is 19.1. The van der Waals surface area contributed by atoms with Gasteiger partial charge in [-0.1, -0.05) is 45.4 Å². The first-order valence-electron chi connectivity index (χ1n) is 8.28. The second-order valence-corrected chi connectivity index (χ2v) is 6.60. The monoisotopic (exact) mass is 292 g/mol. The zero-order valence-corrected chi connectivity index (χ0v) is 13.7. The Hall–Kier alpha value is -0.930. The van der Waals surface area contributed by atoms with Crippen LogP contribution in [0.2, 0.25) is 0 Å². The third-order valence-electron chi connectivity index (χ3n) is 5.09. The number of nitrogens with one attached hydrogen (secondary N) is 1. The fourth-order valence-corrected chi connectivity index (χ4v) is 3.16. The third-order valence-corrected chi connectivity index (χ3v) is 5.09. The molecular formula is C18H29FN2. The van der Waals surface area contributed by atoms with Crippen molar-refractivity contribution in [1.82, 2.24) is 10.2 Å². The second kappa shape index (κ2) is 7.37. The van der Waals surface area contributed by atoms with Crippen LogP contribution in [-0.4, -0.2) is 31.1 Å². The maximum atomic E-state index is 14.0. The van der Waals surface area contributed by atoms with Crippen molar-refractivity contribution in [3.8, 4) is 0 Å². The fourth-order valence-electron chi connectivity index (χ4n) is 3.16. The van der Waals surface area contributed by atoms with E-state index < -0.39 is 0 Å². The van der Waals surface area contributed by atoms with Crippen molar-refractivity contribution in [1.29, 1.82) is 0 Å². The minimum atomic E-state index is -0.0983. The Morgan fingerprint density at radius 1 is 1.24 bits per heavy atom. The molecule has 118 valence electrons. The lowest BCUT2D eigenvalue weighted by atomic mass is 9.78. The van der Waals surface area contributed by atoms with Crippen LogP contribution >= 0.6 is 0 Å². The van der Waals surface area contributed by atoms with E-state index in [1.165, 1.54) is 19.3 Å². The minimum Gasteiger partial charge on any atom is -0.309 e. The summed E-state index contributed by atoms with van der Waals surface area (Å²) in [6.07, 6.45) is 3.75. The van der Waals surface area contributed by atoms with Crippen LogP contribution in [0.1, 0.15) is 51.6 Å². The van der Waals surface area contributed by atoms with Gasteiger partial charge in [0.15, 0.2) is 0 Å². The molecular weight excluding hydrogens is 263 g/mol. The molecule has 1 unspecified atom stereocenters. The van der Waals surface area contributed by atoms with Crippen molar-refractivity contribution in [3.63, 3.8) is 0 Å². The summed E-state index contributed by atoms with van der Waals surface area (Å²) in [5.41, 5.74) is 1.30. The van der Waals surface area contributed by atoms with Crippen molar-refractivity contribution >= 4 is 0 Å². The molecule has 0 aromatic heterocycles. The Morgan fingerprint density at radius 3 is 2.48 bits per heavy atom. The molecule has 1 heterocycles. The van der Waals surface area contributed by atoms with E-state index >= 15 is 0 Å². The maximum absolute atomic E-state index is 14.0. The quantitative estimate of drug-likeness (QED) is 0.853. The molecule has 1 aliphatic rings. The van der Waals surface area contributed by atoms with Gasteiger partial charge < -0.3 is 10.2 Å². The number of benzene rings is 1. The summed E-state index contributed by atoms with van der Waals surface area (Å²) in [7, 11) is 0. The molecule has 3 heteroatoms. The molecule has 0 spiro atoms. The van der Waals surface area contributed by atoms with Gasteiger partial charge in [0.25, 0.3) is 0 Å². The molecule has 1 aromatic carbocycles. The lowest BCUT2D eigenvalue weighted by Gasteiger charge is -2.40. The van der Waals surface area contributed by atoms with Gasteiger partial charge in [0.1, 0.15) is 5.82 Å². The normalized spacial score (nSPS) is 20.4. The number of likely N-dealkylation sites (N-methyl/N-ethyl adjacent to an activating group) is 1. The number of hydrogen-bond donors (Lipinski definition) is 1. The first-order chi connectivity index (χ1) is 10.1. The summed E-state index contributed by atoms with van der Waals surface area (Å²) in [5.74, 6) is -0.0983. The average Bonchev–Trinajstić information content (AvgIpc) is 2.50. The number of piperidine rings is 1. The summed E-state index contributed by atoms with van der Waals surface area (Å²) >= 11 is 0. The highest BCUT2D eigenvalue weighted by Gasteiger charge is 2.29. The van der Waals surface area contributed by atoms with Crippen LogP contribution < -0.4 is 5.32 Å². The van der Waals surface area contributed by atoms with E-state index in [4.69, 9.17) is 0 Å². The van der Waals surface area contributed by atoms with Crippen LogP contribution in [0.25, 0.3) is 0 Å². The SMILES string of the molecule is CCNC(CN1CCC(C)(CC)CC1)c1ccccc1F. The Kier molecular flexibility index (Phi) is 5.77. The van der Waals surface area contributed by atoms with Crippen LogP contribution in [0.4, 0.5) is 4.39 Å². The van der Waals surface area contributed by atoms with E-state index in [1.54, 1.807) is 12.1 Å². The van der Waals surface area contributed by atoms with Crippen molar-refractivity contribution < 1.29 is 4.39 Å². The molecule has 1 fully saturated rings. The molecule has 0 radical (unpaired) electrons. The fraction of sp³-hybridized carbons (Fsp3) is 0.667. The van der Waals surface area contributed by atoms with Crippen molar-refractivity contribution in [3.05, 3.63) is 35.6 Å². The average molecular weight is 292 g/mol. The predicted molar refractivity (Wildman–Crippen MR) is 86.9 cm³/mol. The van der Waals surface area contributed by atoms with Crippen LogP contribution in [0.3, 0.4) is 0 Å². The lowest BCUT2D eigenvalue weighted by molar-refractivity contribution is 0.106. The number of halogens is 1. The maximum Gasteiger partial charge on any atom is 0.128 e. The number of likely N-dealkylation sites (tertiary alicyclic amines) is 1. The van der Waals surface area contributed by atoms with Crippen molar-refractivity contribution in [2.24, 2.45) is 5.41 Å². The first-order valence-corrected chi connectivity index (χ1v) is 8.28. The van der Waals surface area contributed by atoms with Gasteiger partial charge in [0.2, 0.25) is 0 Å². The summed E-state index contributed by atoms with van der Waals surface area (Å²) in [4.78, 5) is 2.48. The van der Waals surface area contributed by atoms with Crippen LogP contribution in [0.15, 0.2) is 24.3 Å². The van der Waals surface area contributed by atoms with Gasteiger partial charge in [-0.15, -0.1) is 0 Å². The lowest BCUT2D eigenvalue weighted by Crippen LogP contribution is -2.43.